The molecule has 2 aromatic carbocycles. The summed E-state index contributed by atoms with van der Waals surface area (Å²) in [4.78, 5) is 23.4. The van der Waals surface area contributed by atoms with Gasteiger partial charge in [0.15, 0.2) is 0 Å². The maximum absolute atomic E-state index is 12.0. The SMILES string of the molecule is C#Cc1cc(OC2CCNCC2)c2nc(Nc3cc(C(N)=O)cc(N4CCOCC4)c3)ncc2c1. The number of amides is 1. The van der Waals surface area contributed by atoms with Crippen molar-refractivity contribution >= 4 is 34.1 Å². The molecule has 2 aliphatic heterocycles. The van der Waals surface area contributed by atoms with Crippen molar-refractivity contribution in [2.75, 3.05) is 49.6 Å². The van der Waals surface area contributed by atoms with Crippen LogP contribution in [0.2, 0.25) is 0 Å². The molecule has 5 rings (SSSR count). The van der Waals surface area contributed by atoms with E-state index in [9.17, 15) is 4.79 Å². The summed E-state index contributed by atoms with van der Waals surface area (Å²) in [5.74, 6) is 3.22. The molecule has 35 heavy (non-hydrogen) atoms. The number of hydrogen-bond donors (Lipinski definition) is 3. The molecule has 0 aliphatic carbocycles. The van der Waals surface area contributed by atoms with Crippen LogP contribution in [0.1, 0.15) is 28.8 Å². The number of primary amides is 1. The number of morpholine rings is 1. The minimum absolute atomic E-state index is 0.0992. The summed E-state index contributed by atoms with van der Waals surface area (Å²) in [5, 5.41) is 7.38. The Hall–Kier alpha value is -3.87. The summed E-state index contributed by atoms with van der Waals surface area (Å²) >= 11 is 0. The average Bonchev–Trinajstić information content (AvgIpc) is 2.89. The summed E-state index contributed by atoms with van der Waals surface area (Å²) in [7, 11) is 0. The Morgan fingerprint density at radius 3 is 2.74 bits per heavy atom. The Morgan fingerprint density at radius 2 is 2.00 bits per heavy atom. The molecule has 0 saturated carbocycles. The highest BCUT2D eigenvalue weighted by Crippen LogP contribution is 2.30. The lowest BCUT2D eigenvalue weighted by Gasteiger charge is -2.29. The van der Waals surface area contributed by atoms with Crippen LogP contribution in [0.3, 0.4) is 0 Å². The van der Waals surface area contributed by atoms with Crippen molar-refractivity contribution in [3.8, 4) is 18.1 Å². The van der Waals surface area contributed by atoms with Crippen LogP contribution in [0.5, 0.6) is 5.75 Å². The van der Waals surface area contributed by atoms with E-state index in [0.717, 1.165) is 55.7 Å². The monoisotopic (exact) mass is 472 g/mol. The van der Waals surface area contributed by atoms with Gasteiger partial charge in [-0.2, -0.15) is 0 Å². The van der Waals surface area contributed by atoms with Crippen LogP contribution in [0.25, 0.3) is 10.9 Å². The Labute approximate surface area is 204 Å². The molecule has 2 saturated heterocycles. The highest BCUT2D eigenvalue weighted by molar-refractivity contribution is 5.95. The van der Waals surface area contributed by atoms with Gasteiger partial charge in [-0.3, -0.25) is 4.79 Å². The van der Waals surface area contributed by atoms with E-state index in [1.54, 1.807) is 18.3 Å². The third-order valence-electron chi connectivity index (χ3n) is 6.23. The minimum atomic E-state index is -0.498. The number of rotatable bonds is 6. The van der Waals surface area contributed by atoms with Gasteiger partial charge >= 0.3 is 0 Å². The quantitative estimate of drug-likeness (QED) is 0.469. The molecule has 0 unspecified atom stereocenters. The Kier molecular flexibility index (Phi) is 6.66. The number of carbonyl (C=O) groups excluding carboxylic acids is 1. The van der Waals surface area contributed by atoms with E-state index < -0.39 is 5.91 Å². The number of fused-ring (bicyclic) bond motifs is 1. The summed E-state index contributed by atoms with van der Waals surface area (Å²) < 4.78 is 11.8. The predicted molar refractivity (Wildman–Crippen MR) is 135 cm³/mol. The van der Waals surface area contributed by atoms with E-state index in [0.29, 0.717) is 41.7 Å². The van der Waals surface area contributed by atoms with Crippen LogP contribution < -0.4 is 26.0 Å². The number of nitrogens with two attached hydrogens (primary N) is 1. The second-order valence-electron chi connectivity index (χ2n) is 8.67. The lowest BCUT2D eigenvalue weighted by Crippen LogP contribution is -2.36. The van der Waals surface area contributed by atoms with Crippen molar-refractivity contribution in [2.24, 2.45) is 5.73 Å². The molecule has 2 aliphatic rings. The van der Waals surface area contributed by atoms with Crippen molar-refractivity contribution in [3.05, 3.63) is 47.7 Å². The van der Waals surface area contributed by atoms with Crippen LogP contribution in [0.4, 0.5) is 17.3 Å². The van der Waals surface area contributed by atoms with E-state index in [-0.39, 0.29) is 6.10 Å². The van der Waals surface area contributed by atoms with Gasteiger partial charge in [0, 0.05) is 47.2 Å². The second-order valence-corrected chi connectivity index (χ2v) is 8.67. The Bertz CT molecular complexity index is 1280. The zero-order valence-corrected chi connectivity index (χ0v) is 19.4. The molecule has 0 bridgehead atoms. The molecule has 0 spiro atoms. The maximum atomic E-state index is 12.0. The summed E-state index contributed by atoms with van der Waals surface area (Å²) in [6, 6.07) is 9.18. The van der Waals surface area contributed by atoms with Crippen LogP contribution in [0, 0.1) is 12.3 Å². The number of carbonyl (C=O) groups is 1. The zero-order valence-electron chi connectivity index (χ0n) is 19.4. The van der Waals surface area contributed by atoms with Crippen molar-refractivity contribution in [1.29, 1.82) is 0 Å². The number of benzene rings is 2. The molecule has 2 fully saturated rings. The largest absolute Gasteiger partial charge is 0.488 e. The minimum Gasteiger partial charge on any atom is -0.488 e. The first kappa shape index (κ1) is 22.9. The lowest BCUT2D eigenvalue weighted by molar-refractivity contribution is 0.100. The zero-order chi connectivity index (χ0) is 24.2. The first-order chi connectivity index (χ1) is 17.1. The van der Waals surface area contributed by atoms with Gasteiger partial charge in [0.05, 0.1) is 13.2 Å². The number of piperidine rings is 1. The highest BCUT2D eigenvalue weighted by Gasteiger charge is 2.18. The van der Waals surface area contributed by atoms with Crippen LogP contribution in [-0.2, 0) is 4.74 Å². The second kappa shape index (κ2) is 10.2. The van der Waals surface area contributed by atoms with E-state index in [4.69, 9.17) is 26.6 Å². The number of ether oxygens (including phenoxy) is 2. The van der Waals surface area contributed by atoms with Gasteiger partial charge < -0.3 is 30.7 Å². The first-order valence-corrected chi connectivity index (χ1v) is 11.8. The number of hydrogen-bond acceptors (Lipinski definition) is 8. The first-order valence-electron chi connectivity index (χ1n) is 11.8. The third kappa shape index (κ3) is 5.29. The topological polar surface area (TPSA) is 115 Å². The van der Waals surface area contributed by atoms with E-state index in [1.807, 2.05) is 18.2 Å². The summed E-state index contributed by atoms with van der Waals surface area (Å²) in [5.41, 5.74) is 8.97. The van der Waals surface area contributed by atoms with E-state index in [1.165, 1.54) is 0 Å². The molecular formula is C26H28N6O3. The molecule has 180 valence electrons. The number of anilines is 3. The Balaban J connectivity index is 1.48. The fraction of sp³-hybridized carbons (Fsp3) is 0.346. The molecule has 3 heterocycles. The summed E-state index contributed by atoms with van der Waals surface area (Å²) in [6.45, 7) is 4.58. The normalized spacial score (nSPS) is 16.6. The van der Waals surface area contributed by atoms with Gasteiger partial charge in [-0.25, -0.2) is 9.97 Å². The van der Waals surface area contributed by atoms with Gasteiger partial charge in [0.1, 0.15) is 17.4 Å². The maximum Gasteiger partial charge on any atom is 0.248 e. The molecule has 4 N–H and O–H groups in total. The van der Waals surface area contributed by atoms with Crippen LogP contribution in [0.15, 0.2) is 36.5 Å². The molecule has 1 amide bonds. The van der Waals surface area contributed by atoms with Gasteiger partial charge in [0.2, 0.25) is 11.9 Å². The fourth-order valence-corrected chi connectivity index (χ4v) is 4.40. The number of nitrogens with one attached hydrogen (secondary N) is 2. The third-order valence-corrected chi connectivity index (χ3v) is 6.23. The number of aromatic nitrogens is 2. The van der Waals surface area contributed by atoms with Crippen molar-refractivity contribution < 1.29 is 14.3 Å². The molecule has 1 aromatic heterocycles. The fourth-order valence-electron chi connectivity index (χ4n) is 4.40. The molecule has 9 heteroatoms. The molecule has 0 atom stereocenters. The number of nitrogens with zero attached hydrogens (tertiary/aromatic N) is 3. The average molecular weight is 473 g/mol. The molecular weight excluding hydrogens is 444 g/mol. The van der Waals surface area contributed by atoms with Crippen molar-refractivity contribution in [2.45, 2.75) is 18.9 Å². The Morgan fingerprint density at radius 1 is 1.20 bits per heavy atom. The van der Waals surface area contributed by atoms with E-state index in [2.05, 4.69) is 26.4 Å². The summed E-state index contributed by atoms with van der Waals surface area (Å²) in [6.07, 6.45) is 9.33. The lowest BCUT2D eigenvalue weighted by atomic mass is 10.1. The number of terminal acetylenes is 1. The molecule has 3 aromatic rings. The van der Waals surface area contributed by atoms with Gasteiger partial charge in [-0.05, 0) is 56.3 Å². The smallest absolute Gasteiger partial charge is 0.248 e. The van der Waals surface area contributed by atoms with Crippen LogP contribution in [-0.4, -0.2) is 61.4 Å². The standard InChI is InChI=1S/C26H28N6O3/c1-2-17-11-19-16-29-26(31-24(19)23(12-17)35-22-3-5-28-6-4-22)30-20-13-18(25(27)33)14-21(15-20)32-7-9-34-10-8-32/h1,11-16,22,28H,3-10H2,(H2,27,33)(H,29,30,31). The van der Waals surface area contributed by atoms with Crippen molar-refractivity contribution in [3.63, 3.8) is 0 Å². The van der Waals surface area contributed by atoms with Crippen molar-refractivity contribution in [1.82, 2.24) is 15.3 Å². The van der Waals surface area contributed by atoms with Gasteiger partial charge in [-0.1, -0.05) is 5.92 Å². The van der Waals surface area contributed by atoms with E-state index >= 15 is 0 Å². The highest BCUT2D eigenvalue weighted by atomic mass is 16.5. The van der Waals surface area contributed by atoms with Gasteiger partial charge in [0.25, 0.3) is 0 Å². The molecule has 9 nitrogen and oxygen atoms in total. The van der Waals surface area contributed by atoms with Crippen LogP contribution >= 0.6 is 0 Å². The van der Waals surface area contributed by atoms with Gasteiger partial charge in [-0.15, -0.1) is 6.42 Å². The molecule has 0 radical (unpaired) electrons. The predicted octanol–water partition coefficient (Wildman–Crippen LogP) is 2.42.